The predicted octanol–water partition coefficient (Wildman–Crippen LogP) is 5.79. The summed E-state index contributed by atoms with van der Waals surface area (Å²) in [6, 6.07) is 13.0. The van der Waals surface area contributed by atoms with Gasteiger partial charge in [0.2, 0.25) is 5.91 Å². The highest BCUT2D eigenvalue weighted by Gasteiger charge is 2.04. The Hall–Kier alpha value is -0.520. The lowest BCUT2D eigenvalue weighted by Crippen LogP contribution is -2.27. The van der Waals surface area contributed by atoms with Gasteiger partial charge in [-0.15, -0.1) is 11.8 Å². The minimum atomic E-state index is 0.0278. The molecule has 128 valence electrons. The van der Waals surface area contributed by atoms with E-state index >= 15 is 0 Å². The van der Waals surface area contributed by atoms with E-state index in [2.05, 4.69) is 5.32 Å². The van der Waals surface area contributed by atoms with Crippen LogP contribution in [0.5, 0.6) is 0 Å². The topological polar surface area (TPSA) is 29.1 Å². The van der Waals surface area contributed by atoms with E-state index in [0.717, 1.165) is 22.0 Å². The molecule has 0 unspecified atom stereocenters. The van der Waals surface area contributed by atoms with Crippen LogP contribution in [0.2, 0.25) is 15.1 Å². The number of nitrogens with one attached hydrogen (secondary N) is 1. The highest BCUT2D eigenvalue weighted by molar-refractivity contribution is 8.00. The quantitative estimate of drug-likeness (QED) is 0.433. The lowest BCUT2D eigenvalue weighted by molar-refractivity contribution is -0.118. The number of amides is 1. The second kappa shape index (κ2) is 10.5. The molecule has 0 atom stereocenters. The van der Waals surface area contributed by atoms with Crippen LogP contribution in [-0.2, 0) is 10.5 Å². The summed E-state index contributed by atoms with van der Waals surface area (Å²) in [7, 11) is 0. The normalized spacial score (nSPS) is 10.6. The second-order valence-electron chi connectivity index (χ2n) is 4.88. The number of thioether (sulfide) groups is 2. The molecule has 7 heteroatoms. The van der Waals surface area contributed by atoms with Gasteiger partial charge in [-0.1, -0.05) is 40.9 Å². The molecule has 2 aromatic carbocycles. The van der Waals surface area contributed by atoms with Gasteiger partial charge in [0, 0.05) is 38.0 Å². The lowest BCUT2D eigenvalue weighted by atomic mass is 10.2. The Bertz CT molecular complexity index is 680. The molecule has 1 N–H and O–H groups in total. The van der Waals surface area contributed by atoms with Crippen molar-refractivity contribution in [3.63, 3.8) is 0 Å². The maximum Gasteiger partial charge on any atom is 0.230 e. The van der Waals surface area contributed by atoms with Crippen LogP contribution in [-0.4, -0.2) is 24.0 Å². The number of rotatable bonds is 8. The number of carbonyl (C=O) groups is 1. The molecule has 0 radical (unpaired) electrons. The third kappa shape index (κ3) is 7.16. The summed E-state index contributed by atoms with van der Waals surface area (Å²) >= 11 is 21.0. The van der Waals surface area contributed by atoms with Crippen molar-refractivity contribution in [3.05, 3.63) is 63.1 Å². The van der Waals surface area contributed by atoms with E-state index in [0.29, 0.717) is 27.4 Å². The molecule has 0 aliphatic carbocycles. The first-order valence-electron chi connectivity index (χ1n) is 7.21. The molecule has 0 bridgehead atoms. The minimum absolute atomic E-state index is 0.0278. The van der Waals surface area contributed by atoms with Crippen molar-refractivity contribution in [1.82, 2.24) is 5.32 Å². The third-order valence-corrected chi connectivity index (χ3v) is 5.88. The van der Waals surface area contributed by atoms with E-state index < -0.39 is 0 Å². The fraction of sp³-hybridized carbons (Fsp3) is 0.235. The maximum atomic E-state index is 11.8. The summed E-state index contributed by atoms with van der Waals surface area (Å²) in [5.74, 6) is 2.05. The molecule has 0 aliphatic rings. The zero-order valence-electron chi connectivity index (χ0n) is 12.7. The van der Waals surface area contributed by atoms with E-state index in [4.69, 9.17) is 34.8 Å². The largest absolute Gasteiger partial charge is 0.355 e. The molecule has 0 fully saturated rings. The number of benzene rings is 2. The third-order valence-electron chi connectivity index (χ3n) is 3.02. The molecular weight excluding hydrogens is 405 g/mol. The van der Waals surface area contributed by atoms with Gasteiger partial charge in [-0.25, -0.2) is 0 Å². The average molecular weight is 421 g/mol. The molecule has 1 amide bonds. The Balaban J connectivity index is 1.60. The van der Waals surface area contributed by atoms with E-state index in [1.54, 1.807) is 17.8 Å². The highest BCUT2D eigenvalue weighted by Crippen LogP contribution is 2.24. The SMILES string of the molecule is O=C(CSc1ccc(Cl)cc1)NCCSCc1ccc(Cl)cc1Cl. The number of hydrogen-bond acceptors (Lipinski definition) is 3. The first-order valence-corrected chi connectivity index (χ1v) is 10.5. The van der Waals surface area contributed by atoms with E-state index in [-0.39, 0.29) is 5.91 Å². The summed E-state index contributed by atoms with van der Waals surface area (Å²) in [5, 5.41) is 4.93. The van der Waals surface area contributed by atoms with Gasteiger partial charge in [0.15, 0.2) is 0 Å². The van der Waals surface area contributed by atoms with Gasteiger partial charge in [-0.05, 0) is 42.0 Å². The van der Waals surface area contributed by atoms with Crippen molar-refractivity contribution in [2.45, 2.75) is 10.6 Å². The highest BCUT2D eigenvalue weighted by atomic mass is 35.5. The van der Waals surface area contributed by atoms with Crippen molar-refractivity contribution in [3.8, 4) is 0 Å². The summed E-state index contributed by atoms with van der Waals surface area (Å²) < 4.78 is 0. The second-order valence-corrected chi connectivity index (χ2v) is 8.31. The molecule has 0 saturated carbocycles. The van der Waals surface area contributed by atoms with Crippen molar-refractivity contribution in [2.24, 2.45) is 0 Å². The monoisotopic (exact) mass is 419 g/mol. The molecule has 0 spiro atoms. The van der Waals surface area contributed by atoms with Gasteiger partial charge in [0.25, 0.3) is 0 Å². The summed E-state index contributed by atoms with van der Waals surface area (Å²) in [5.41, 5.74) is 1.05. The smallest absolute Gasteiger partial charge is 0.230 e. The standard InChI is InChI=1S/C17H16Cl3NOS2/c18-13-3-5-15(6-4-13)24-11-17(22)21-7-8-23-10-12-1-2-14(19)9-16(12)20/h1-6,9H,7-8,10-11H2,(H,21,22). The Morgan fingerprint density at radius 1 is 1.00 bits per heavy atom. The Morgan fingerprint density at radius 2 is 1.71 bits per heavy atom. The van der Waals surface area contributed by atoms with Gasteiger partial charge in [0.05, 0.1) is 5.75 Å². The number of hydrogen-bond donors (Lipinski definition) is 1. The first kappa shape index (κ1) is 19.8. The fourth-order valence-electron chi connectivity index (χ4n) is 1.81. The van der Waals surface area contributed by atoms with Crippen molar-refractivity contribution in [1.29, 1.82) is 0 Å². The summed E-state index contributed by atoms with van der Waals surface area (Å²) in [4.78, 5) is 12.8. The van der Waals surface area contributed by atoms with Crippen LogP contribution in [0.4, 0.5) is 0 Å². The van der Waals surface area contributed by atoms with Crippen LogP contribution in [0.25, 0.3) is 0 Å². The van der Waals surface area contributed by atoms with E-state index in [9.17, 15) is 4.79 Å². The molecule has 2 nitrogen and oxygen atoms in total. The van der Waals surface area contributed by atoms with Crippen molar-refractivity contribution < 1.29 is 4.79 Å². The van der Waals surface area contributed by atoms with E-state index in [1.807, 2.05) is 36.4 Å². The van der Waals surface area contributed by atoms with Gasteiger partial charge in [0.1, 0.15) is 0 Å². The Labute approximate surface area is 165 Å². The molecule has 0 aromatic heterocycles. The van der Waals surface area contributed by atoms with Crippen molar-refractivity contribution in [2.75, 3.05) is 18.1 Å². The van der Waals surface area contributed by atoms with Crippen LogP contribution >= 0.6 is 58.3 Å². The fourth-order valence-corrected chi connectivity index (χ4v) is 4.09. The molecule has 0 heterocycles. The predicted molar refractivity (Wildman–Crippen MR) is 108 cm³/mol. The molecule has 0 aliphatic heterocycles. The molecular formula is C17H16Cl3NOS2. The Kier molecular flexibility index (Phi) is 8.63. The molecule has 2 rings (SSSR count). The first-order chi connectivity index (χ1) is 11.5. The zero-order chi connectivity index (χ0) is 17.4. The van der Waals surface area contributed by atoms with Gasteiger partial charge in [-0.2, -0.15) is 11.8 Å². The summed E-state index contributed by atoms with van der Waals surface area (Å²) in [6.07, 6.45) is 0. The van der Waals surface area contributed by atoms with Crippen LogP contribution < -0.4 is 5.32 Å². The molecule has 24 heavy (non-hydrogen) atoms. The molecule has 0 saturated heterocycles. The Morgan fingerprint density at radius 3 is 2.42 bits per heavy atom. The van der Waals surface area contributed by atoms with Crippen LogP contribution in [0.3, 0.4) is 0 Å². The van der Waals surface area contributed by atoms with Gasteiger partial charge in [-0.3, -0.25) is 4.79 Å². The van der Waals surface area contributed by atoms with E-state index in [1.165, 1.54) is 11.8 Å². The van der Waals surface area contributed by atoms with Crippen LogP contribution in [0.1, 0.15) is 5.56 Å². The summed E-state index contributed by atoms with van der Waals surface area (Å²) in [6.45, 7) is 0.635. The number of carbonyl (C=O) groups excluding carboxylic acids is 1. The maximum absolute atomic E-state index is 11.8. The lowest BCUT2D eigenvalue weighted by Gasteiger charge is -2.07. The number of halogens is 3. The molecule has 2 aromatic rings. The average Bonchev–Trinajstić information content (AvgIpc) is 2.56. The van der Waals surface area contributed by atoms with Gasteiger partial charge < -0.3 is 5.32 Å². The van der Waals surface area contributed by atoms with Crippen LogP contribution in [0.15, 0.2) is 47.4 Å². The van der Waals surface area contributed by atoms with Crippen molar-refractivity contribution >= 4 is 64.2 Å². The minimum Gasteiger partial charge on any atom is -0.355 e. The van der Waals surface area contributed by atoms with Gasteiger partial charge >= 0.3 is 0 Å². The zero-order valence-corrected chi connectivity index (χ0v) is 16.6. The van der Waals surface area contributed by atoms with Crippen LogP contribution in [0, 0.1) is 0 Å².